The summed E-state index contributed by atoms with van der Waals surface area (Å²) in [6.45, 7) is 2.93. The molecule has 19 heavy (non-hydrogen) atoms. The predicted molar refractivity (Wildman–Crippen MR) is 70.0 cm³/mol. The Morgan fingerprint density at radius 3 is 2.32 bits per heavy atom. The lowest BCUT2D eigenvalue weighted by Gasteiger charge is -1.98. The maximum atomic E-state index is 10.5. The molecule has 102 valence electrons. The Balaban J connectivity index is 0.000000146. The molecule has 1 aliphatic carbocycles. The summed E-state index contributed by atoms with van der Waals surface area (Å²) in [4.78, 5) is -0.0666. The van der Waals surface area contributed by atoms with E-state index >= 15 is 0 Å². The van der Waals surface area contributed by atoms with Gasteiger partial charge in [-0.05, 0) is 43.9 Å². The van der Waals surface area contributed by atoms with Crippen LogP contribution in [-0.4, -0.2) is 25.6 Å². The number of piperidine rings is 1. The third kappa shape index (κ3) is 3.53. The lowest BCUT2D eigenvalue weighted by Crippen LogP contribution is -2.23. The van der Waals surface area contributed by atoms with Gasteiger partial charge in [-0.1, -0.05) is 17.7 Å². The molecule has 2 aliphatic rings. The summed E-state index contributed by atoms with van der Waals surface area (Å²) < 4.78 is 29.6. The zero-order chi connectivity index (χ0) is 14.0. The van der Waals surface area contributed by atoms with Crippen LogP contribution in [0.4, 0.5) is 0 Å². The Bertz CT molecular complexity index is 589. The highest BCUT2D eigenvalue weighted by Crippen LogP contribution is 2.44. The summed E-state index contributed by atoms with van der Waals surface area (Å²) in [5.41, 5.74) is 0.956. The summed E-state index contributed by atoms with van der Waals surface area (Å²) in [6.07, 6.45) is 1.30. The molecule has 1 unspecified atom stereocenters. The van der Waals surface area contributed by atoms with Gasteiger partial charge >= 0.3 is 0 Å². The van der Waals surface area contributed by atoms with E-state index in [0.717, 1.165) is 23.9 Å². The summed E-state index contributed by atoms with van der Waals surface area (Å²) in [6, 6.07) is 8.43. The molecule has 2 fully saturated rings. The smallest absolute Gasteiger partial charge is 0.294 e. The molecule has 2 N–H and O–H groups in total. The average Bonchev–Trinajstić information content (AvgIpc) is 3.02. The Morgan fingerprint density at radius 2 is 2.00 bits per heavy atom. The van der Waals surface area contributed by atoms with E-state index in [1.54, 1.807) is 12.1 Å². The maximum Gasteiger partial charge on any atom is 0.294 e. The molecule has 3 atom stereocenters. The highest BCUT2D eigenvalue weighted by molar-refractivity contribution is 7.85. The van der Waals surface area contributed by atoms with Crippen LogP contribution < -0.4 is 5.32 Å². The molecular formula is C13H16N2O3S. The molecule has 1 saturated heterocycles. The second-order valence-electron chi connectivity index (χ2n) is 4.96. The van der Waals surface area contributed by atoms with E-state index in [1.807, 2.05) is 6.92 Å². The van der Waals surface area contributed by atoms with Crippen LogP contribution in [-0.2, 0) is 10.1 Å². The molecule has 5 nitrogen and oxygen atoms in total. The monoisotopic (exact) mass is 280 g/mol. The minimum Gasteiger partial charge on any atom is -0.301 e. The van der Waals surface area contributed by atoms with E-state index in [9.17, 15) is 8.42 Å². The van der Waals surface area contributed by atoms with Crippen molar-refractivity contribution in [2.75, 3.05) is 6.54 Å². The van der Waals surface area contributed by atoms with Crippen LogP contribution in [0.25, 0.3) is 0 Å². The van der Waals surface area contributed by atoms with Crippen molar-refractivity contribution in [3.8, 4) is 6.07 Å². The van der Waals surface area contributed by atoms with Crippen molar-refractivity contribution in [2.45, 2.75) is 24.3 Å². The van der Waals surface area contributed by atoms with E-state index in [0.29, 0.717) is 0 Å². The molecule has 3 rings (SSSR count). The third-order valence-electron chi connectivity index (χ3n) is 3.46. The standard InChI is InChI=1S/C7H8O3S.C6H8N2/c1-6-2-4-7(5-3-6)11(8,9)10;7-2-6-5-1-4(5)3-8-6/h2-5H,1H3,(H,8,9,10);4-6,8H,1,3H2/t;4-,5-,6?/m.1/s1. The highest BCUT2D eigenvalue weighted by Gasteiger charge is 2.48. The van der Waals surface area contributed by atoms with Crippen molar-refractivity contribution in [3.63, 3.8) is 0 Å². The van der Waals surface area contributed by atoms with Gasteiger partial charge in [-0.3, -0.25) is 4.55 Å². The SMILES string of the molecule is Cc1ccc(S(=O)(=O)O)cc1.N#CC1NC[C@H]2C[C@@H]12. The quantitative estimate of drug-likeness (QED) is 0.758. The molecule has 0 amide bonds. The molecule has 1 heterocycles. The van der Waals surface area contributed by atoms with Crippen molar-refractivity contribution < 1.29 is 13.0 Å². The van der Waals surface area contributed by atoms with E-state index in [1.165, 1.54) is 18.6 Å². The molecule has 0 aromatic heterocycles. The second kappa shape index (κ2) is 5.29. The van der Waals surface area contributed by atoms with Crippen LogP contribution in [0.2, 0.25) is 0 Å². The predicted octanol–water partition coefficient (Wildman–Crippen LogP) is 1.36. The number of fused-ring (bicyclic) bond motifs is 1. The average molecular weight is 280 g/mol. The number of aryl methyl sites for hydroxylation is 1. The largest absolute Gasteiger partial charge is 0.301 e. The number of nitrogens with one attached hydrogen (secondary N) is 1. The minimum absolute atomic E-state index is 0.0666. The Morgan fingerprint density at radius 1 is 1.37 bits per heavy atom. The van der Waals surface area contributed by atoms with E-state index < -0.39 is 10.1 Å². The second-order valence-corrected chi connectivity index (χ2v) is 6.38. The van der Waals surface area contributed by atoms with Gasteiger partial charge in [0.1, 0.15) is 0 Å². The molecular weight excluding hydrogens is 264 g/mol. The van der Waals surface area contributed by atoms with Gasteiger partial charge in [0.05, 0.1) is 17.0 Å². The first-order valence-electron chi connectivity index (χ1n) is 6.09. The Kier molecular flexibility index (Phi) is 3.90. The number of hydrogen-bond acceptors (Lipinski definition) is 4. The molecule has 1 saturated carbocycles. The molecule has 0 spiro atoms. The maximum absolute atomic E-state index is 10.5. The van der Waals surface area contributed by atoms with Crippen molar-refractivity contribution in [2.24, 2.45) is 11.8 Å². The van der Waals surface area contributed by atoms with Crippen molar-refractivity contribution in [1.82, 2.24) is 5.32 Å². The van der Waals surface area contributed by atoms with Gasteiger partial charge in [-0.25, -0.2) is 0 Å². The number of benzene rings is 1. The van der Waals surface area contributed by atoms with Crippen LogP contribution in [0.1, 0.15) is 12.0 Å². The molecule has 1 aliphatic heterocycles. The van der Waals surface area contributed by atoms with Crippen molar-refractivity contribution in [1.29, 1.82) is 5.26 Å². The molecule has 1 aromatic carbocycles. The zero-order valence-electron chi connectivity index (χ0n) is 10.6. The van der Waals surface area contributed by atoms with Crippen LogP contribution in [0, 0.1) is 30.1 Å². The van der Waals surface area contributed by atoms with Crippen LogP contribution in [0.5, 0.6) is 0 Å². The van der Waals surface area contributed by atoms with E-state index in [4.69, 9.17) is 9.81 Å². The normalized spacial score (nSPS) is 27.7. The topological polar surface area (TPSA) is 90.2 Å². The number of rotatable bonds is 1. The van der Waals surface area contributed by atoms with Gasteiger partial charge in [0.15, 0.2) is 0 Å². The first-order valence-corrected chi connectivity index (χ1v) is 7.53. The summed E-state index contributed by atoms with van der Waals surface area (Å²) in [5.74, 6) is 1.58. The van der Waals surface area contributed by atoms with Crippen LogP contribution in [0.15, 0.2) is 29.2 Å². The van der Waals surface area contributed by atoms with Gasteiger partial charge in [-0.2, -0.15) is 13.7 Å². The Labute approximate surface area is 113 Å². The first kappa shape index (κ1) is 14.0. The summed E-state index contributed by atoms with van der Waals surface area (Å²) >= 11 is 0. The fraction of sp³-hybridized carbons (Fsp3) is 0.462. The number of hydrogen-bond donors (Lipinski definition) is 2. The number of nitriles is 1. The van der Waals surface area contributed by atoms with Gasteiger partial charge < -0.3 is 5.32 Å². The van der Waals surface area contributed by atoms with Crippen molar-refractivity contribution in [3.05, 3.63) is 29.8 Å². The molecule has 0 radical (unpaired) electrons. The highest BCUT2D eigenvalue weighted by atomic mass is 32.2. The Hall–Kier alpha value is -1.42. The van der Waals surface area contributed by atoms with Crippen molar-refractivity contribution >= 4 is 10.1 Å². The summed E-state index contributed by atoms with van der Waals surface area (Å²) in [7, 11) is -4.02. The third-order valence-corrected chi connectivity index (χ3v) is 4.33. The van der Waals surface area contributed by atoms with E-state index in [-0.39, 0.29) is 10.9 Å². The van der Waals surface area contributed by atoms with Gasteiger partial charge in [0, 0.05) is 0 Å². The van der Waals surface area contributed by atoms with Crippen LogP contribution in [0.3, 0.4) is 0 Å². The van der Waals surface area contributed by atoms with Gasteiger partial charge in [-0.15, -0.1) is 0 Å². The lowest BCUT2D eigenvalue weighted by atomic mass is 10.2. The molecule has 1 aromatic rings. The number of nitrogens with zero attached hydrogens (tertiary/aromatic N) is 1. The summed E-state index contributed by atoms with van der Waals surface area (Å²) in [5, 5.41) is 11.6. The van der Waals surface area contributed by atoms with Gasteiger partial charge in [0.25, 0.3) is 10.1 Å². The zero-order valence-corrected chi connectivity index (χ0v) is 11.4. The molecule has 6 heteroatoms. The van der Waals surface area contributed by atoms with Crippen LogP contribution >= 0.6 is 0 Å². The van der Waals surface area contributed by atoms with Gasteiger partial charge in [0.2, 0.25) is 0 Å². The lowest BCUT2D eigenvalue weighted by molar-refractivity contribution is 0.483. The fourth-order valence-electron chi connectivity index (χ4n) is 2.20. The fourth-order valence-corrected chi connectivity index (χ4v) is 2.68. The van der Waals surface area contributed by atoms with E-state index in [2.05, 4.69) is 11.4 Å². The minimum atomic E-state index is -4.02. The first-order chi connectivity index (χ1) is 8.91. The molecule has 0 bridgehead atoms.